The molecule has 0 spiro atoms. The van der Waals surface area contributed by atoms with Gasteiger partial charge < -0.3 is 0 Å². The summed E-state index contributed by atoms with van der Waals surface area (Å²) >= 11 is 0. The van der Waals surface area contributed by atoms with Crippen LogP contribution in [-0.4, -0.2) is 8.80 Å². The summed E-state index contributed by atoms with van der Waals surface area (Å²) in [6.07, 6.45) is 1.17. The number of hydrogen-bond acceptors (Lipinski definition) is 0. The van der Waals surface area contributed by atoms with Crippen molar-refractivity contribution in [1.29, 1.82) is 0 Å². The van der Waals surface area contributed by atoms with Crippen molar-refractivity contribution in [3.63, 3.8) is 0 Å². The summed E-state index contributed by atoms with van der Waals surface area (Å²) in [6, 6.07) is 33.7. The second-order valence-corrected chi connectivity index (χ2v) is 9.57. The highest BCUT2D eigenvalue weighted by Crippen LogP contribution is 2.21. The van der Waals surface area contributed by atoms with Crippen LogP contribution in [0, 0.1) is 0 Å². The topological polar surface area (TPSA) is 0 Å². The van der Waals surface area contributed by atoms with E-state index in [4.69, 9.17) is 0 Å². The smallest absolute Gasteiger partial charge is 0.0677 e. The molecular weight excluding hydrogens is 316 g/mol. The third-order valence-electron chi connectivity index (χ3n) is 5.17. The molecule has 1 radical (unpaired) electrons. The van der Waals surface area contributed by atoms with Crippen molar-refractivity contribution in [3.05, 3.63) is 90.5 Å². The summed E-state index contributed by atoms with van der Waals surface area (Å²) < 4.78 is 0. The Morgan fingerprint density at radius 2 is 1.24 bits per heavy atom. The van der Waals surface area contributed by atoms with Gasteiger partial charge in [0.1, 0.15) is 0 Å². The molecule has 0 amide bonds. The largest absolute Gasteiger partial charge is 0.0865 e. The maximum Gasteiger partial charge on any atom is 0.0865 e. The second kappa shape index (κ2) is 7.24. The first-order valence-electron chi connectivity index (χ1n) is 9.16. The van der Waals surface area contributed by atoms with Crippen LogP contribution >= 0.6 is 0 Å². The van der Waals surface area contributed by atoms with Crippen molar-refractivity contribution in [1.82, 2.24) is 0 Å². The maximum atomic E-state index is 2.36. The summed E-state index contributed by atoms with van der Waals surface area (Å²) in [5.41, 5.74) is 1.49. The molecule has 0 aliphatic carbocycles. The fourth-order valence-electron chi connectivity index (χ4n) is 3.83. The normalized spacial score (nSPS) is 11.4. The van der Waals surface area contributed by atoms with Gasteiger partial charge in [-0.2, -0.15) is 0 Å². The highest BCUT2D eigenvalue weighted by molar-refractivity contribution is 6.75. The van der Waals surface area contributed by atoms with Crippen LogP contribution in [0.4, 0.5) is 0 Å². The fraction of sp³-hybridized carbons (Fsp3) is 0.167. The summed E-state index contributed by atoms with van der Waals surface area (Å²) in [6.45, 7) is 2.36. The van der Waals surface area contributed by atoms with Gasteiger partial charge in [-0.1, -0.05) is 109 Å². The minimum atomic E-state index is -0.552. The average molecular weight is 340 g/mol. The zero-order chi connectivity index (χ0) is 17.1. The van der Waals surface area contributed by atoms with Crippen LogP contribution in [-0.2, 0) is 6.42 Å². The van der Waals surface area contributed by atoms with Gasteiger partial charge in [0.15, 0.2) is 0 Å². The molecule has 123 valence electrons. The summed E-state index contributed by atoms with van der Waals surface area (Å²) in [5, 5.41) is 7.21. The molecule has 4 aromatic rings. The molecule has 0 unspecified atom stereocenters. The molecule has 0 saturated carbocycles. The summed E-state index contributed by atoms with van der Waals surface area (Å²) in [7, 11) is -0.552. The second-order valence-electron chi connectivity index (χ2n) is 6.62. The summed E-state index contributed by atoms with van der Waals surface area (Å²) in [5.74, 6) is 0. The lowest BCUT2D eigenvalue weighted by Crippen LogP contribution is -2.30. The molecule has 0 aliphatic heterocycles. The predicted octanol–water partition coefficient (Wildman–Crippen LogP) is 5.96. The van der Waals surface area contributed by atoms with Crippen LogP contribution < -0.4 is 5.19 Å². The molecule has 0 fully saturated rings. The van der Waals surface area contributed by atoms with Gasteiger partial charge in [0, 0.05) is 0 Å². The van der Waals surface area contributed by atoms with Gasteiger partial charge in [-0.25, -0.2) is 0 Å². The Bertz CT molecular complexity index is 992. The predicted molar refractivity (Wildman–Crippen MR) is 112 cm³/mol. The molecule has 25 heavy (non-hydrogen) atoms. The first-order valence-corrected chi connectivity index (χ1v) is 11.1. The van der Waals surface area contributed by atoms with Crippen LogP contribution in [0.15, 0.2) is 84.9 Å². The van der Waals surface area contributed by atoms with E-state index >= 15 is 0 Å². The van der Waals surface area contributed by atoms with Crippen molar-refractivity contribution in [2.24, 2.45) is 0 Å². The van der Waals surface area contributed by atoms with Crippen molar-refractivity contribution < 1.29 is 0 Å². The first-order chi connectivity index (χ1) is 12.4. The molecule has 0 aromatic heterocycles. The molecular formula is C24H23Si. The summed E-state index contributed by atoms with van der Waals surface area (Å²) in [4.78, 5) is 0. The number of fused-ring (bicyclic) bond motifs is 2. The molecule has 1 heteroatoms. The lowest BCUT2D eigenvalue weighted by atomic mass is 10.0. The minimum Gasteiger partial charge on any atom is -0.0677 e. The van der Waals surface area contributed by atoms with E-state index in [1.807, 2.05) is 0 Å². The van der Waals surface area contributed by atoms with Crippen molar-refractivity contribution in [3.8, 4) is 0 Å². The van der Waals surface area contributed by atoms with E-state index < -0.39 is 8.80 Å². The Hall–Kier alpha value is -2.38. The Kier molecular flexibility index (Phi) is 4.67. The number of hydrogen-bond donors (Lipinski definition) is 0. The van der Waals surface area contributed by atoms with Crippen LogP contribution in [0.3, 0.4) is 0 Å². The average Bonchev–Trinajstić information content (AvgIpc) is 2.68. The van der Waals surface area contributed by atoms with E-state index in [-0.39, 0.29) is 0 Å². The van der Waals surface area contributed by atoms with E-state index in [0.717, 1.165) is 0 Å². The number of rotatable bonds is 5. The minimum absolute atomic E-state index is 0.552. The standard InChI is InChI=1S/C24H23Si/c1-2-25(24-16-8-13-20-10-4-6-15-23(20)24)18-17-21-12-7-11-19-9-3-5-14-22(19)21/h3-16H,2,17-18H2,1H3. The zero-order valence-electron chi connectivity index (χ0n) is 14.7. The molecule has 0 aliphatic rings. The van der Waals surface area contributed by atoms with Gasteiger partial charge >= 0.3 is 0 Å². The Labute approximate surface area is 151 Å². The van der Waals surface area contributed by atoms with Crippen LogP contribution in [0.2, 0.25) is 12.1 Å². The fourth-order valence-corrected chi connectivity index (χ4v) is 6.35. The van der Waals surface area contributed by atoms with E-state index in [2.05, 4.69) is 91.9 Å². The molecule has 4 aromatic carbocycles. The van der Waals surface area contributed by atoms with E-state index in [9.17, 15) is 0 Å². The van der Waals surface area contributed by atoms with Crippen LogP contribution in [0.25, 0.3) is 21.5 Å². The van der Waals surface area contributed by atoms with Crippen molar-refractivity contribution in [2.45, 2.75) is 25.4 Å². The monoisotopic (exact) mass is 339 g/mol. The molecule has 0 saturated heterocycles. The Morgan fingerprint density at radius 3 is 2.00 bits per heavy atom. The van der Waals surface area contributed by atoms with Crippen LogP contribution in [0.5, 0.6) is 0 Å². The zero-order valence-corrected chi connectivity index (χ0v) is 15.7. The van der Waals surface area contributed by atoms with Crippen molar-refractivity contribution in [2.75, 3.05) is 0 Å². The van der Waals surface area contributed by atoms with Gasteiger partial charge in [-0.3, -0.25) is 0 Å². The number of aryl methyl sites for hydroxylation is 1. The number of benzene rings is 4. The third kappa shape index (κ3) is 3.25. The Morgan fingerprint density at radius 1 is 0.640 bits per heavy atom. The first kappa shape index (κ1) is 16.1. The molecule has 4 rings (SSSR count). The van der Waals surface area contributed by atoms with Gasteiger partial charge in [0.2, 0.25) is 0 Å². The quantitative estimate of drug-likeness (QED) is 0.394. The SMILES string of the molecule is CC[Si](CCc1cccc2ccccc12)c1cccc2ccccc12. The molecule has 0 N–H and O–H groups in total. The maximum absolute atomic E-state index is 2.36. The molecule has 0 nitrogen and oxygen atoms in total. The Balaban J connectivity index is 1.64. The van der Waals surface area contributed by atoms with Gasteiger partial charge in [-0.15, -0.1) is 0 Å². The van der Waals surface area contributed by atoms with Crippen LogP contribution in [0.1, 0.15) is 12.5 Å². The molecule has 0 heterocycles. The van der Waals surface area contributed by atoms with E-state index in [1.54, 1.807) is 5.19 Å². The van der Waals surface area contributed by atoms with E-state index in [1.165, 1.54) is 45.6 Å². The van der Waals surface area contributed by atoms with Gasteiger partial charge in [-0.05, 0) is 33.5 Å². The third-order valence-corrected chi connectivity index (χ3v) is 8.08. The van der Waals surface area contributed by atoms with E-state index in [0.29, 0.717) is 0 Å². The van der Waals surface area contributed by atoms with Crippen molar-refractivity contribution >= 4 is 35.5 Å². The lowest BCUT2D eigenvalue weighted by Gasteiger charge is -2.17. The molecule has 0 bridgehead atoms. The van der Waals surface area contributed by atoms with Gasteiger partial charge in [0.05, 0.1) is 8.80 Å². The highest BCUT2D eigenvalue weighted by Gasteiger charge is 2.15. The highest BCUT2D eigenvalue weighted by atomic mass is 28.3. The molecule has 0 atom stereocenters. The lowest BCUT2D eigenvalue weighted by molar-refractivity contribution is 1.12. The van der Waals surface area contributed by atoms with Gasteiger partial charge in [0.25, 0.3) is 0 Å².